The van der Waals surface area contributed by atoms with Gasteiger partial charge >= 0.3 is 0 Å². The minimum atomic E-state index is -0.118. The minimum Gasteiger partial charge on any atom is -0.348 e. The van der Waals surface area contributed by atoms with Gasteiger partial charge in [0, 0.05) is 30.4 Å². The zero-order valence-electron chi connectivity index (χ0n) is 13.1. The molecular formula is C16H21ClN4O. The maximum absolute atomic E-state index is 12.1. The van der Waals surface area contributed by atoms with Crippen LogP contribution < -0.4 is 5.32 Å². The van der Waals surface area contributed by atoms with E-state index in [1.807, 2.05) is 56.4 Å². The lowest BCUT2D eigenvalue weighted by molar-refractivity contribution is -0.122. The van der Waals surface area contributed by atoms with Crippen molar-refractivity contribution in [1.82, 2.24) is 20.0 Å². The Morgan fingerprint density at radius 1 is 1.45 bits per heavy atom. The Morgan fingerprint density at radius 3 is 2.82 bits per heavy atom. The Morgan fingerprint density at radius 2 is 2.18 bits per heavy atom. The molecule has 0 bridgehead atoms. The van der Waals surface area contributed by atoms with Crippen molar-refractivity contribution in [3.05, 3.63) is 52.8 Å². The van der Waals surface area contributed by atoms with E-state index >= 15 is 0 Å². The van der Waals surface area contributed by atoms with Crippen LogP contribution in [-0.2, 0) is 18.4 Å². The monoisotopic (exact) mass is 320 g/mol. The Labute approximate surface area is 135 Å². The fraction of sp³-hybridized carbons (Fsp3) is 0.375. The third-order valence-corrected chi connectivity index (χ3v) is 3.72. The van der Waals surface area contributed by atoms with Gasteiger partial charge in [0.2, 0.25) is 5.91 Å². The fourth-order valence-corrected chi connectivity index (χ4v) is 2.66. The van der Waals surface area contributed by atoms with Crippen LogP contribution in [0.25, 0.3) is 0 Å². The summed E-state index contributed by atoms with van der Waals surface area (Å²) in [5.41, 5.74) is 2.00. The van der Waals surface area contributed by atoms with Gasteiger partial charge in [-0.25, -0.2) is 0 Å². The molecule has 1 amide bonds. The second-order valence-corrected chi connectivity index (χ2v) is 5.91. The second kappa shape index (κ2) is 7.42. The Kier molecular flexibility index (Phi) is 5.57. The van der Waals surface area contributed by atoms with Gasteiger partial charge in [0.15, 0.2) is 0 Å². The van der Waals surface area contributed by atoms with E-state index in [1.54, 1.807) is 10.9 Å². The van der Waals surface area contributed by atoms with Crippen molar-refractivity contribution >= 4 is 17.5 Å². The third-order valence-electron chi connectivity index (χ3n) is 3.37. The number of carbonyl (C=O) groups excluding carboxylic acids is 1. The van der Waals surface area contributed by atoms with Gasteiger partial charge in [-0.1, -0.05) is 29.8 Å². The number of carbonyl (C=O) groups is 1. The normalized spacial score (nSPS) is 12.4. The van der Waals surface area contributed by atoms with Gasteiger partial charge in [-0.2, -0.15) is 5.10 Å². The van der Waals surface area contributed by atoms with Crippen molar-refractivity contribution in [3.8, 4) is 0 Å². The Hall–Kier alpha value is -1.85. The van der Waals surface area contributed by atoms with E-state index in [0.717, 1.165) is 11.1 Å². The molecule has 6 heteroatoms. The Balaban J connectivity index is 1.85. The van der Waals surface area contributed by atoms with Gasteiger partial charge < -0.3 is 5.32 Å². The topological polar surface area (TPSA) is 50.2 Å². The standard InChI is InChI=1S/C16H21ClN4O/c1-12(14-6-4-5-7-15(14)17)19-16(22)11-20(2)9-13-8-18-21(3)10-13/h4-8,10,12H,9,11H2,1-3H3,(H,19,22). The number of hydrogen-bond donors (Lipinski definition) is 1. The average Bonchev–Trinajstić information content (AvgIpc) is 2.83. The molecule has 0 aliphatic rings. The summed E-state index contributed by atoms with van der Waals surface area (Å²) in [6, 6.07) is 7.43. The summed E-state index contributed by atoms with van der Waals surface area (Å²) >= 11 is 6.15. The molecule has 1 aromatic carbocycles. The number of nitrogens with one attached hydrogen (secondary N) is 1. The first-order chi connectivity index (χ1) is 10.5. The van der Waals surface area contributed by atoms with Crippen molar-refractivity contribution in [1.29, 1.82) is 0 Å². The molecule has 22 heavy (non-hydrogen) atoms. The van der Waals surface area contributed by atoms with Crippen molar-refractivity contribution < 1.29 is 4.79 Å². The molecule has 2 aromatic rings. The van der Waals surface area contributed by atoms with E-state index < -0.39 is 0 Å². The molecule has 0 fully saturated rings. The molecule has 1 aromatic heterocycles. The van der Waals surface area contributed by atoms with Crippen LogP contribution in [0.1, 0.15) is 24.1 Å². The van der Waals surface area contributed by atoms with E-state index in [1.165, 1.54) is 0 Å². The second-order valence-electron chi connectivity index (χ2n) is 5.51. The smallest absolute Gasteiger partial charge is 0.234 e. The summed E-state index contributed by atoms with van der Waals surface area (Å²) in [6.45, 7) is 2.94. The summed E-state index contributed by atoms with van der Waals surface area (Å²) < 4.78 is 1.75. The van der Waals surface area contributed by atoms with Crippen LogP contribution in [0.4, 0.5) is 0 Å². The maximum atomic E-state index is 12.1. The largest absolute Gasteiger partial charge is 0.348 e. The average molecular weight is 321 g/mol. The van der Waals surface area contributed by atoms with Crippen LogP contribution >= 0.6 is 11.6 Å². The van der Waals surface area contributed by atoms with E-state index in [0.29, 0.717) is 18.1 Å². The number of aromatic nitrogens is 2. The van der Waals surface area contributed by atoms with Gasteiger partial charge in [-0.05, 0) is 25.6 Å². The van der Waals surface area contributed by atoms with E-state index in [9.17, 15) is 4.79 Å². The van der Waals surface area contributed by atoms with Gasteiger partial charge in [0.25, 0.3) is 0 Å². The Bertz CT molecular complexity index is 641. The number of halogens is 1. The molecule has 0 aliphatic heterocycles. The highest BCUT2D eigenvalue weighted by Crippen LogP contribution is 2.21. The molecule has 1 atom stereocenters. The molecule has 1 heterocycles. The van der Waals surface area contributed by atoms with Crippen LogP contribution in [0.3, 0.4) is 0 Å². The molecular weight excluding hydrogens is 300 g/mol. The van der Waals surface area contributed by atoms with Gasteiger partial charge in [0.05, 0.1) is 18.8 Å². The van der Waals surface area contributed by atoms with Crippen molar-refractivity contribution in [3.63, 3.8) is 0 Å². The van der Waals surface area contributed by atoms with Crippen molar-refractivity contribution in [2.24, 2.45) is 7.05 Å². The zero-order chi connectivity index (χ0) is 16.1. The summed E-state index contributed by atoms with van der Waals surface area (Å²) in [5, 5.41) is 7.76. The first-order valence-corrected chi connectivity index (χ1v) is 7.53. The predicted molar refractivity (Wildman–Crippen MR) is 87.6 cm³/mol. The molecule has 0 saturated heterocycles. The molecule has 1 unspecified atom stereocenters. The summed E-state index contributed by atoms with van der Waals surface area (Å²) in [6.07, 6.45) is 3.75. The number of nitrogens with zero attached hydrogens (tertiary/aromatic N) is 3. The number of rotatable bonds is 6. The highest BCUT2D eigenvalue weighted by Gasteiger charge is 2.14. The van der Waals surface area contributed by atoms with Crippen LogP contribution in [0.5, 0.6) is 0 Å². The van der Waals surface area contributed by atoms with Gasteiger partial charge in [-0.3, -0.25) is 14.4 Å². The predicted octanol–water partition coefficient (Wildman–Crippen LogP) is 2.38. The SMILES string of the molecule is CC(NC(=O)CN(C)Cc1cnn(C)c1)c1ccccc1Cl. The van der Waals surface area contributed by atoms with Crippen LogP contribution in [-0.4, -0.2) is 34.2 Å². The molecule has 5 nitrogen and oxygen atoms in total. The quantitative estimate of drug-likeness (QED) is 0.889. The van der Waals surface area contributed by atoms with Crippen molar-refractivity contribution in [2.75, 3.05) is 13.6 Å². The fourth-order valence-electron chi connectivity index (χ4n) is 2.36. The van der Waals surface area contributed by atoms with E-state index in [4.69, 9.17) is 11.6 Å². The van der Waals surface area contributed by atoms with Crippen LogP contribution in [0.15, 0.2) is 36.7 Å². The molecule has 0 saturated carbocycles. The number of aryl methyl sites for hydroxylation is 1. The zero-order valence-corrected chi connectivity index (χ0v) is 13.8. The third kappa shape index (κ3) is 4.58. The summed E-state index contributed by atoms with van der Waals surface area (Å²) in [4.78, 5) is 14.1. The number of benzene rings is 1. The van der Waals surface area contributed by atoms with Gasteiger partial charge in [-0.15, -0.1) is 0 Å². The lowest BCUT2D eigenvalue weighted by Gasteiger charge is -2.19. The first kappa shape index (κ1) is 16.5. The van der Waals surface area contributed by atoms with E-state index in [-0.39, 0.29) is 11.9 Å². The van der Waals surface area contributed by atoms with Gasteiger partial charge in [0.1, 0.15) is 0 Å². The molecule has 0 spiro atoms. The summed E-state index contributed by atoms with van der Waals surface area (Å²) in [7, 11) is 3.79. The van der Waals surface area contributed by atoms with Crippen molar-refractivity contribution in [2.45, 2.75) is 19.5 Å². The lowest BCUT2D eigenvalue weighted by atomic mass is 10.1. The molecule has 0 radical (unpaired) electrons. The molecule has 1 N–H and O–H groups in total. The number of amides is 1. The molecule has 118 valence electrons. The minimum absolute atomic E-state index is 0.0289. The first-order valence-electron chi connectivity index (χ1n) is 7.15. The molecule has 0 aliphatic carbocycles. The van der Waals surface area contributed by atoms with Crippen LogP contribution in [0, 0.1) is 0 Å². The van der Waals surface area contributed by atoms with E-state index in [2.05, 4.69) is 10.4 Å². The highest BCUT2D eigenvalue weighted by molar-refractivity contribution is 6.31. The van der Waals surface area contributed by atoms with Crippen LogP contribution in [0.2, 0.25) is 5.02 Å². The molecule has 2 rings (SSSR count). The number of hydrogen-bond acceptors (Lipinski definition) is 3. The lowest BCUT2D eigenvalue weighted by Crippen LogP contribution is -2.36. The maximum Gasteiger partial charge on any atom is 0.234 e. The summed E-state index contributed by atoms with van der Waals surface area (Å²) in [5.74, 6) is -0.0289. The number of likely N-dealkylation sites (N-methyl/N-ethyl adjacent to an activating group) is 1. The highest BCUT2D eigenvalue weighted by atomic mass is 35.5.